The summed E-state index contributed by atoms with van der Waals surface area (Å²) in [6, 6.07) is 0.108. The predicted molar refractivity (Wildman–Crippen MR) is 81.3 cm³/mol. The molecule has 0 saturated carbocycles. The summed E-state index contributed by atoms with van der Waals surface area (Å²) in [7, 11) is 0. The Kier molecular flexibility index (Phi) is 6.90. The van der Waals surface area contributed by atoms with Gasteiger partial charge in [0.15, 0.2) is 0 Å². The lowest BCUT2D eigenvalue weighted by atomic mass is 10.1. The van der Waals surface area contributed by atoms with Crippen molar-refractivity contribution in [2.75, 3.05) is 23.6 Å². The van der Waals surface area contributed by atoms with Crippen LogP contribution in [-0.4, -0.2) is 39.2 Å². The molecule has 1 heterocycles. The number of anilines is 2. The molecule has 0 aromatic carbocycles. The largest absolute Gasteiger partial charge is 0.395 e. The molecule has 6 nitrogen and oxygen atoms in total. The molecule has 1 aromatic rings. The Morgan fingerprint density at radius 3 is 2.63 bits per heavy atom. The van der Waals surface area contributed by atoms with Crippen molar-refractivity contribution in [3.05, 3.63) is 11.9 Å². The molecular weight excluding hydrogens is 262 g/mol. The SMILES string of the molecule is CCCc1c(NN)ncnc1NC(C)C(CO)SC. The van der Waals surface area contributed by atoms with Crippen LogP contribution in [-0.2, 0) is 6.42 Å². The molecule has 0 radical (unpaired) electrons. The van der Waals surface area contributed by atoms with Gasteiger partial charge in [-0.15, -0.1) is 0 Å². The highest BCUT2D eigenvalue weighted by Gasteiger charge is 2.18. The number of aromatic nitrogens is 2. The average Bonchev–Trinajstić information content (AvgIpc) is 2.42. The topological polar surface area (TPSA) is 96.1 Å². The summed E-state index contributed by atoms with van der Waals surface area (Å²) in [6.45, 7) is 4.26. The molecule has 108 valence electrons. The number of nitrogen functional groups attached to an aromatic ring is 1. The number of thioether (sulfide) groups is 1. The van der Waals surface area contributed by atoms with E-state index in [1.54, 1.807) is 11.8 Å². The van der Waals surface area contributed by atoms with E-state index < -0.39 is 0 Å². The van der Waals surface area contributed by atoms with E-state index in [1.807, 2.05) is 13.2 Å². The van der Waals surface area contributed by atoms with Crippen LogP contribution in [0.5, 0.6) is 0 Å². The third-order valence-electron chi connectivity index (χ3n) is 2.99. The first-order chi connectivity index (χ1) is 9.17. The molecular formula is C12H23N5OS. The molecule has 19 heavy (non-hydrogen) atoms. The van der Waals surface area contributed by atoms with Gasteiger partial charge in [0.2, 0.25) is 0 Å². The van der Waals surface area contributed by atoms with Crippen molar-refractivity contribution in [3.8, 4) is 0 Å². The maximum atomic E-state index is 9.32. The highest BCUT2D eigenvalue weighted by atomic mass is 32.2. The number of nitrogens with two attached hydrogens (primary N) is 1. The monoisotopic (exact) mass is 285 g/mol. The van der Waals surface area contributed by atoms with Crippen LogP contribution in [0.3, 0.4) is 0 Å². The molecule has 0 aliphatic carbocycles. The van der Waals surface area contributed by atoms with Gasteiger partial charge >= 0.3 is 0 Å². The number of nitrogens with one attached hydrogen (secondary N) is 2. The molecule has 0 aliphatic rings. The number of hydrogen-bond donors (Lipinski definition) is 4. The molecule has 7 heteroatoms. The van der Waals surface area contributed by atoms with E-state index in [-0.39, 0.29) is 17.9 Å². The van der Waals surface area contributed by atoms with Gasteiger partial charge in [-0.1, -0.05) is 13.3 Å². The molecule has 5 N–H and O–H groups in total. The molecule has 1 rings (SSSR count). The van der Waals surface area contributed by atoms with Crippen LogP contribution >= 0.6 is 11.8 Å². The second kappa shape index (κ2) is 8.19. The molecule has 0 saturated heterocycles. The van der Waals surface area contributed by atoms with Crippen molar-refractivity contribution in [3.63, 3.8) is 0 Å². The van der Waals surface area contributed by atoms with E-state index >= 15 is 0 Å². The maximum absolute atomic E-state index is 9.32. The van der Waals surface area contributed by atoms with Crippen molar-refractivity contribution >= 4 is 23.4 Å². The zero-order chi connectivity index (χ0) is 14.3. The second-order valence-corrected chi connectivity index (χ2v) is 5.41. The van der Waals surface area contributed by atoms with Gasteiger partial charge in [0.1, 0.15) is 18.0 Å². The maximum Gasteiger partial charge on any atom is 0.148 e. The number of hydrazine groups is 1. The van der Waals surface area contributed by atoms with Crippen molar-refractivity contribution < 1.29 is 5.11 Å². The van der Waals surface area contributed by atoms with Crippen molar-refractivity contribution in [2.24, 2.45) is 5.84 Å². The Labute approximate surface area is 118 Å². The third kappa shape index (κ3) is 4.22. The number of nitrogens with zero attached hydrogens (tertiary/aromatic N) is 2. The van der Waals surface area contributed by atoms with Gasteiger partial charge in [-0.3, -0.25) is 0 Å². The lowest BCUT2D eigenvalue weighted by molar-refractivity contribution is 0.288. The summed E-state index contributed by atoms with van der Waals surface area (Å²) in [4.78, 5) is 8.42. The van der Waals surface area contributed by atoms with E-state index in [2.05, 4.69) is 27.6 Å². The highest BCUT2D eigenvalue weighted by molar-refractivity contribution is 7.99. The Morgan fingerprint density at radius 2 is 2.11 bits per heavy atom. The van der Waals surface area contributed by atoms with Crippen molar-refractivity contribution in [1.29, 1.82) is 0 Å². The quantitative estimate of drug-likeness (QED) is 0.421. The smallest absolute Gasteiger partial charge is 0.148 e. The van der Waals surface area contributed by atoms with Crippen LogP contribution < -0.4 is 16.6 Å². The van der Waals surface area contributed by atoms with Crippen molar-refractivity contribution in [1.82, 2.24) is 9.97 Å². The Bertz CT molecular complexity index is 386. The molecule has 0 fully saturated rings. The van der Waals surface area contributed by atoms with Crippen LogP contribution in [0.25, 0.3) is 0 Å². The van der Waals surface area contributed by atoms with E-state index in [9.17, 15) is 5.11 Å². The summed E-state index contributed by atoms with van der Waals surface area (Å²) in [5, 5.41) is 12.8. The van der Waals surface area contributed by atoms with Crippen LogP contribution in [0.4, 0.5) is 11.6 Å². The molecule has 2 atom stereocenters. The Balaban J connectivity index is 2.93. The Hall–Kier alpha value is -1.05. The minimum atomic E-state index is 0.108. The average molecular weight is 285 g/mol. The molecule has 2 unspecified atom stereocenters. The highest BCUT2D eigenvalue weighted by Crippen LogP contribution is 2.23. The second-order valence-electron chi connectivity index (χ2n) is 4.33. The number of rotatable bonds is 8. The number of aliphatic hydroxyl groups is 1. The fraction of sp³-hybridized carbons (Fsp3) is 0.667. The zero-order valence-corrected chi connectivity index (χ0v) is 12.5. The normalized spacial score (nSPS) is 13.9. The van der Waals surface area contributed by atoms with E-state index in [1.165, 1.54) is 6.33 Å². The fourth-order valence-corrected chi connectivity index (χ4v) is 2.52. The zero-order valence-electron chi connectivity index (χ0n) is 11.7. The van der Waals surface area contributed by atoms with Gasteiger partial charge < -0.3 is 15.8 Å². The summed E-state index contributed by atoms with van der Waals surface area (Å²) in [5.74, 6) is 6.91. The van der Waals surface area contributed by atoms with Crippen LogP contribution in [0.15, 0.2) is 6.33 Å². The lowest BCUT2D eigenvalue weighted by Gasteiger charge is -2.23. The molecule has 0 spiro atoms. The Morgan fingerprint density at radius 1 is 1.42 bits per heavy atom. The number of hydrogen-bond acceptors (Lipinski definition) is 7. The minimum Gasteiger partial charge on any atom is -0.395 e. The standard InChI is InChI=1S/C12H23N5OS/c1-4-5-9-11(14-7-15-12(9)17-13)16-8(2)10(6-18)19-3/h7-8,10,18H,4-6,13H2,1-3H3,(H2,14,15,16,17). The first-order valence-corrected chi connectivity index (χ1v) is 7.67. The molecule has 1 aromatic heterocycles. The van der Waals surface area contributed by atoms with Crippen LogP contribution in [0.1, 0.15) is 25.8 Å². The van der Waals surface area contributed by atoms with Gasteiger partial charge in [0, 0.05) is 16.9 Å². The lowest BCUT2D eigenvalue weighted by Crippen LogP contribution is -2.32. The van der Waals surface area contributed by atoms with Gasteiger partial charge in [-0.2, -0.15) is 11.8 Å². The van der Waals surface area contributed by atoms with Crippen LogP contribution in [0.2, 0.25) is 0 Å². The first-order valence-electron chi connectivity index (χ1n) is 6.38. The van der Waals surface area contributed by atoms with E-state index in [0.29, 0.717) is 5.82 Å². The molecule has 0 aliphatic heterocycles. The minimum absolute atomic E-state index is 0.108. The predicted octanol–water partition coefficient (Wildman–Crippen LogP) is 1.24. The van der Waals surface area contributed by atoms with Gasteiger partial charge in [0.25, 0.3) is 0 Å². The summed E-state index contributed by atoms with van der Waals surface area (Å²) in [6.07, 6.45) is 5.30. The van der Waals surface area contributed by atoms with Crippen molar-refractivity contribution in [2.45, 2.75) is 38.0 Å². The summed E-state index contributed by atoms with van der Waals surface area (Å²) < 4.78 is 0. The summed E-state index contributed by atoms with van der Waals surface area (Å²) >= 11 is 1.63. The summed E-state index contributed by atoms with van der Waals surface area (Å²) in [5.41, 5.74) is 3.59. The van der Waals surface area contributed by atoms with Gasteiger partial charge in [-0.05, 0) is 19.6 Å². The van der Waals surface area contributed by atoms with Crippen LogP contribution in [0, 0.1) is 0 Å². The van der Waals surface area contributed by atoms with Gasteiger partial charge in [0.05, 0.1) is 6.61 Å². The fourth-order valence-electron chi connectivity index (χ4n) is 1.89. The molecule has 0 bridgehead atoms. The molecule has 0 amide bonds. The first kappa shape index (κ1) is 16.0. The van der Waals surface area contributed by atoms with E-state index in [4.69, 9.17) is 5.84 Å². The van der Waals surface area contributed by atoms with E-state index in [0.717, 1.165) is 24.2 Å². The number of aliphatic hydroxyl groups excluding tert-OH is 1. The van der Waals surface area contributed by atoms with Gasteiger partial charge in [-0.25, -0.2) is 15.8 Å². The third-order valence-corrected chi connectivity index (χ3v) is 4.15.